The number of piperazine rings is 1. The summed E-state index contributed by atoms with van der Waals surface area (Å²) in [5, 5.41) is 7.25. The van der Waals surface area contributed by atoms with Crippen molar-refractivity contribution in [1.29, 1.82) is 0 Å². The first kappa shape index (κ1) is 22.8. The Morgan fingerprint density at radius 3 is 2.58 bits per heavy atom. The summed E-state index contributed by atoms with van der Waals surface area (Å²) in [5.41, 5.74) is 1.90. The number of carbonyl (C=O) groups is 1. The van der Waals surface area contributed by atoms with Crippen molar-refractivity contribution in [3.63, 3.8) is 0 Å². The molecule has 1 saturated heterocycles. The third-order valence-corrected chi connectivity index (χ3v) is 6.07. The Labute approximate surface area is 194 Å². The van der Waals surface area contributed by atoms with Gasteiger partial charge in [-0.2, -0.15) is 5.10 Å². The number of ether oxygens (including phenoxy) is 2. The van der Waals surface area contributed by atoms with E-state index in [1.807, 2.05) is 35.5 Å². The number of aromatic amines is 1. The van der Waals surface area contributed by atoms with Crippen LogP contribution < -0.4 is 9.47 Å². The Morgan fingerprint density at radius 2 is 1.88 bits per heavy atom. The van der Waals surface area contributed by atoms with E-state index in [4.69, 9.17) is 9.47 Å². The maximum Gasteiger partial charge on any atom is 0.271 e. The lowest BCUT2D eigenvalue weighted by molar-refractivity contribution is 0.0627. The first-order chi connectivity index (χ1) is 16.0. The molecule has 1 aliphatic heterocycles. The van der Waals surface area contributed by atoms with E-state index in [0.717, 1.165) is 37.6 Å². The van der Waals surface area contributed by atoms with Gasteiger partial charge in [0.05, 0.1) is 19.9 Å². The number of rotatable bonds is 8. The molecule has 1 aliphatic rings. The predicted octanol–water partition coefficient (Wildman–Crippen LogP) is 2.87. The summed E-state index contributed by atoms with van der Waals surface area (Å²) in [7, 11) is 3.23. The normalized spacial score (nSPS) is 14.6. The highest BCUT2D eigenvalue weighted by Gasteiger charge is 2.24. The highest BCUT2D eigenvalue weighted by atomic mass is 16.5. The quantitative estimate of drug-likeness (QED) is 0.565. The summed E-state index contributed by atoms with van der Waals surface area (Å²) < 4.78 is 13.0. The second kappa shape index (κ2) is 10.1. The summed E-state index contributed by atoms with van der Waals surface area (Å²) in [6, 6.07) is 7.29. The second-order valence-electron chi connectivity index (χ2n) is 8.50. The Bertz CT molecular complexity index is 1080. The maximum absolute atomic E-state index is 13.1. The van der Waals surface area contributed by atoms with Gasteiger partial charge in [-0.1, -0.05) is 13.8 Å². The Kier molecular flexibility index (Phi) is 6.98. The van der Waals surface area contributed by atoms with Crippen molar-refractivity contribution in [2.45, 2.75) is 26.3 Å². The van der Waals surface area contributed by atoms with E-state index < -0.39 is 0 Å². The van der Waals surface area contributed by atoms with Crippen LogP contribution in [-0.4, -0.2) is 82.4 Å². The SMILES string of the molecule is COc1ccc(OC)c(-c2cc(C(=O)N3CCN(CCn4ccnc4C(C)C)CC3)[nH]n2)c1. The molecule has 1 fully saturated rings. The molecule has 3 heterocycles. The van der Waals surface area contributed by atoms with E-state index in [0.29, 0.717) is 41.9 Å². The molecule has 1 aromatic carbocycles. The molecule has 0 aliphatic carbocycles. The number of H-pyrrole nitrogens is 1. The summed E-state index contributed by atoms with van der Waals surface area (Å²) in [6.07, 6.45) is 3.91. The molecule has 1 amide bonds. The van der Waals surface area contributed by atoms with Crippen molar-refractivity contribution >= 4 is 5.91 Å². The first-order valence-electron chi connectivity index (χ1n) is 11.3. The van der Waals surface area contributed by atoms with Crippen LogP contribution in [0.5, 0.6) is 11.5 Å². The lowest BCUT2D eigenvalue weighted by Gasteiger charge is -2.34. The first-order valence-corrected chi connectivity index (χ1v) is 11.3. The van der Waals surface area contributed by atoms with Crippen molar-refractivity contribution < 1.29 is 14.3 Å². The van der Waals surface area contributed by atoms with Gasteiger partial charge in [0.1, 0.15) is 23.0 Å². The number of hydrogen-bond donors (Lipinski definition) is 1. The fraction of sp³-hybridized carbons (Fsp3) is 0.458. The van der Waals surface area contributed by atoms with E-state index in [-0.39, 0.29) is 5.91 Å². The standard InChI is InChI=1S/C24H32N6O3/c1-17(2)23-25-7-8-29(23)12-9-28-10-13-30(14-11-28)24(31)21-16-20(26-27-21)19-15-18(32-3)5-6-22(19)33-4/h5-8,15-17H,9-14H2,1-4H3,(H,26,27). The summed E-state index contributed by atoms with van der Waals surface area (Å²) in [4.78, 5) is 21.8. The molecule has 2 aromatic heterocycles. The van der Waals surface area contributed by atoms with Crippen molar-refractivity contribution in [3.8, 4) is 22.8 Å². The third-order valence-electron chi connectivity index (χ3n) is 6.07. The van der Waals surface area contributed by atoms with Gasteiger partial charge in [-0.3, -0.25) is 14.8 Å². The molecular formula is C24H32N6O3. The van der Waals surface area contributed by atoms with Crippen LogP contribution in [-0.2, 0) is 6.54 Å². The van der Waals surface area contributed by atoms with Gasteiger partial charge in [-0.05, 0) is 24.3 Å². The predicted molar refractivity (Wildman–Crippen MR) is 126 cm³/mol. The van der Waals surface area contributed by atoms with E-state index in [1.54, 1.807) is 20.3 Å². The smallest absolute Gasteiger partial charge is 0.271 e. The maximum atomic E-state index is 13.1. The zero-order chi connectivity index (χ0) is 23.4. The van der Waals surface area contributed by atoms with Crippen LogP contribution in [0, 0.1) is 0 Å². The number of carbonyl (C=O) groups excluding carboxylic acids is 1. The number of imidazole rings is 1. The van der Waals surface area contributed by atoms with E-state index >= 15 is 0 Å². The van der Waals surface area contributed by atoms with Crippen LogP contribution in [0.15, 0.2) is 36.7 Å². The van der Waals surface area contributed by atoms with Gasteiger partial charge in [0, 0.05) is 63.1 Å². The minimum atomic E-state index is -0.0352. The van der Waals surface area contributed by atoms with Gasteiger partial charge in [0.15, 0.2) is 0 Å². The molecule has 4 rings (SSSR count). The van der Waals surface area contributed by atoms with E-state index in [9.17, 15) is 4.79 Å². The zero-order valence-electron chi connectivity index (χ0n) is 19.7. The monoisotopic (exact) mass is 452 g/mol. The largest absolute Gasteiger partial charge is 0.497 e. The molecule has 1 N–H and O–H groups in total. The van der Waals surface area contributed by atoms with Gasteiger partial charge in [0.25, 0.3) is 5.91 Å². The fourth-order valence-electron chi connectivity index (χ4n) is 4.19. The molecule has 0 radical (unpaired) electrons. The van der Waals surface area contributed by atoms with Gasteiger partial charge >= 0.3 is 0 Å². The van der Waals surface area contributed by atoms with Crippen LogP contribution in [0.2, 0.25) is 0 Å². The molecule has 9 nitrogen and oxygen atoms in total. The van der Waals surface area contributed by atoms with E-state index in [2.05, 4.69) is 38.5 Å². The van der Waals surface area contributed by atoms with Gasteiger partial charge in [-0.15, -0.1) is 0 Å². The number of hydrogen-bond acceptors (Lipinski definition) is 6. The number of aromatic nitrogens is 4. The summed E-state index contributed by atoms with van der Waals surface area (Å²) in [5.74, 6) is 2.87. The number of nitrogens with one attached hydrogen (secondary N) is 1. The molecule has 176 valence electrons. The van der Waals surface area contributed by atoms with Crippen molar-refractivity contribution in [2.75, 3.05) is 46.9 Å². The number of methoxy groups -OCH3 is 2. The third kappa shape index (κ3) is 5.03. The van der Waals surface area contributed by atoms with Crippen molar-refractivity contribution in [2.24, 2.45) is 0 Å². The number of amides is 1. The van der Waals surface area contributed by atoms with Crippen molar-refractivity contribution in [1.82, 2.24) is 29.5 Å². The number of benzene rings is 1. The van der Waals surface area contributed by atoms with Crippen LogP contribution >= 0.6 is 0 Å². The number of nitrogens with zero attached hydrogens (tertiary/aromatic N) is 5. The second-order valence-corrected chi connectivity index (χ2v) is 8.50. The molecule has 3 aromatic rings. The zero-order valence-corrected chi connectivity index (χ0v) is 19.7. The highest BCUT2D eigenvalue weighted by Crippen LogP contribution is 2.32. The minimum absolute atomic E-state index is 0.0352. The summed E-state index contributed by atoms with van der Waals surface area (Å²) >= 11 is 0. The highest BCUT2D eigenvalue weighted by molar-refractivity contribution is 5.93. The average molecular weight is 453 g/mol. The molecule has 33 heavy (non-hydrogen) atoms. The van der Waals surface area contributed by atoms with Crippen LogP contribution in [0.4, 0.5) is 0 Å². The van der Waals surface area contributed by atoms with Gasteiger partial charge in [0.2, 0.25) is 0 Å². The topological polar surface area (TPSA) is 88.5 Å². The van der Waals surface area contributed by atoms with Crippen LogP contribution in [0.25, 0.3) is 11.3 Å². The van der Waals surface area contributed by atoms with Crippen LogP contribution in [0.1, 0.15) is 36.1 Å². The lowest BCUT2D eigenvalue weighted by atomic mass is 10.1. The molecule has 9 heteroatoms. The molecule has 0 bridgehead atoms. The van der Waals surface area contributed by atoms with Crippen molar-refractivity contribution in [3.05, 3.63) is 48.2 Å². The molecule has 0 spiro atoms. The Morgan fingerprint density at radius 1 is 1.09 bits per heavy atom. The van der Waals surface area contributed by atoms with Gasteiger partial charge < -0.3 is 18.9 Å². The molecule has 0 saturated carbocycles. The van der Waals surface area contributed by atoms with E-state index in [1.165, 1.54) is 0 Å². The molecule has 0 atom stereocenters. The molecule has 0 unspecified atom stereocenters. The summed E-state index contributed by atoms with van der Waals surface area (Å²) in [6.45, 7) is 9.26. The fourth-order valence-corrected chi connectivity index (χ4v) is 4.19. The minimum Gasteiger partial charge on any atom is -0.497 e. The molecular weight excluding hydrogens is 420 g/mol. The average Bonchev–Trinajstić information content (AvgIpc) is 3.52. The van der Waals surface area contributed by atoms with Gasteiger partial charge in [-0.25, -0.2) is 4.98 Å². The van der Waals surface area contributed by atoms with Crippen LogP contribution in [0.3, 0.4) is 0 Å². The Hall–Kier alpha value is -3.33. The Balaban J connectivity index is 1.35. The lowest BCUT2D eigenvalue weighted by Crippen LogP contribution is -2.49.